The highest BCUT2D eigenvalue weighted by molar-refractivity contribution is 9.10. The molecule has 2 aromatic rings. The highest BCUT2D eigenvalue weighted by Crippen LogP contribution is 2.30. The van der Waals surface area contributed by atoms with E-state index in [4.69, 9.17) is 4.74 Å². The predicted molar refractivity (Wildman–Crippen MR) is 82.9 cm³/mol. The molecule has 2 aromatic carbocycles. The maximum absolute atomic E-state index is 13.3. The highest BCUT2D eigenvalue weighted by Gasteiger charge is 2.26. The molecule has 0 radical (unpaired) electrons. The van der Waals surface area contributed by atoms with Crippen LogP contribution in [0.15, 0.2) is 46.9 Å². The number of rotatable bonds is 3. The van der Waals surface area contributed by atoms with Crippen molar-refractivity contribution in [1.82, 2.24) is 0 Å². The van der Waals surface area contributed by atoms with E-state index in [-0.39, 0.29) is 11.7 Å². The summed E-state index contributed by atoms with van der Waals surface area (Å²) in [4.78, 5) is 0. The van der Waals surface area contributed by atoms with Crippen LogP contribution in [0.3, 0.4) is 0 Å². The van der Waals surface area contributed by atoms with Gasteiger partial charge in [0.2, 0.25) is 0 Å². The van der Waals surface area contributed by atoms with Crippen molar-refractivity contribution < 1.29 is 14.2 Å². The molecule has 1 aliphatic rings. The molecule has 0 saturated heterocycles. The fraction of sp³-hybridized carbons (Fsp3) is 0.294. The van der Waals surface area contributed by atoms with E-state index in [1.165, 1.54) is 12.1 Å². The predicted octanol–water partition coefficient (Wildman–Crippen LogP) is 3.74. The summed E-state index contributed by atoms with van der Waals surface area (Å²) in [5, 5.41) is 10.4. The first-order valence-electron chi connectivity index (χ1n) is 6.96. The zero-order valence-electron chi connectivity index (χ0n) is 11.4. The van der Waals surface area contributed by atoms with Gasteiger partial charge in [-0.3, -0.25) is 0 Å². The van der Waals surface area contributed by atoms with Crippen molar-refractivity contribution in [2.45, 2.75) is 18.9 Å². The number of ether oxygens (including phenoxy) is 1. The van der Waals surface area contributed by atoms with Crippen LogP contribution in [0.5, 0.6) is 5.75 Å². The van der Waals surface area contributed by atoms with Crippen molar-refractivity contribution in [3.63, 3.8) is 0 Å². The van der Waals surface area contributed by atoms with Crippen LogP contribution in [0.1, 0.15) is 11.1 Å². The molecule has 1 aliphatic heterocycles. The Bertz CT molecular complexity index is 644. The van der Waals surface area contributed by atoms with Crippen molar-refractivity contribution in [2.24, 2.45) is 5.92 Å². The van der Waals surface area contributed by atoms with Crippen LogP contribution < -0.4 is 4.74 Å². The number of halogens is 2. The molecule has 110 valence electrons. The second-order valence-electron chi connectivity index (χ2n) is 5.39. The largest absolute Gasteiger partial charge is 0.493 e. The summed E-state index contributed by atoms with van der Waals surface area (Å²) in [7, 11) is 0. The molecule has 1 N–H and O–H groups in total. The van der Waals surface area contributed by atoms with Gasteiger partial charge in [-0.25, -0.2) is 4.39 Å². The van der Waals surface area contributed by atoms with Crippen molar-refractivity contribution >= 4 is 15.9 Å². The molecule has 0 saturated carbocycles. The van der Waals surface area contributed by atoms with Crippen molar-refractivity contribution in [1.29, 1.82) is 0 Å². The SMILES string of the molecule is OC(Cc1cc(F)ccc1Br)C1COc2ccccc2C1. The third-order valence-corrected chi connectivity index (χ3v) is 4.66. The third kappa shape index (κ3) is 3.27. The zero-order valence-corrected chi connectivity index (χ0v) is 13.0. The smallest absolute Gasteiger partial charge is 0.123 e. The quantitative estimate of drug-likeness (QED) is 0.913. The number of aliphatic hydroxyl groups is 1. The van der Waals surface area contributed by atoms with Gasteiger partial charge >= 0.3 is 0 Å². The number of hydrogen-bond donors (Lipinski definition) is 1. The lowest BCUT2D eigenvalue weighted by Crippen LogP contribution is -2.33. The van der Waals surface area contributed by atoms with Crippen LogP contribution in [0.25, 0.3) is 0 Å². The maximum atomic E-state index is 13.3. The van der Waals surface area contributed by atoms with Crippen LogP contribution in [-0.2, 0) is 12.8 Å². The molecule has 1 heterocycles. The van der Waals surface area contributed by atoms with Gasteiger partial charge in [-0.05, 0) is 48.2 Å². The molecule has 2 nitrogen and oxygen atoms in total. The van der Waals surface area contributed by atoms with Gasteiger partial charge in [-0.2, -0.15) is 0 Å². The van der Waals surface area contributed by atoms with Crippen molar-refractivity contribution in [3.8, 4) is 5.75 Å². The lowest BCUT2D eigenvalue weighted by atomic mass is 9.89. The Morgan fingerprint density at radius 3 is 2.95 bits per heavy atom. The van der Waals surface area contributed by atoms with E-state index in [1.54, 1.807) is 6.07 Å². The molecule has 2 atom stereocenters. The standard InChI is InChI=1S/C17H16BrFO2/c18-15-6-5-14(19)8-12(15)9-16(20)13-7-11-3-1-2-4-17(11)21-10-13/h1-6,8,13,16,20H,7,9-10H2. The Morgan fingerprint density at radius 1 is 1.29 bits per heavy atom. The number of benzene rings is 2. The van der Waals surface area contributed by atoms with E-state index < -0.39 is 6.10 Å². The van der Waals surface area contributed by atoms with Gasteiger partial charge < -0.3 is 9.84 Å². The molecule has 3 rings (SSSR count). The Labute approximate surface area is 131 Å². The summed E-state index contributed by atoms with van der Waals surface area (Å²) in [6.07, 6.45) is 0.634. The summed E-state index contributed by atoms with van der Waals surface area (Å²) in [6.45, 7) is 0.491. The van der Waals surface area contributed by atoms with Gasteiger partial charge in [-0.1, -0.05) is 34.1 Å². The first kappa shape index (κ1) is 14.5. The normalized spacial score (nSPS) is 18.7. The van der Waals surface area contributed by atoms with Crippen LogP contribution >= 0.6 is 15.9 Å². The molecule has 4 heteroatoms. The van der Waals surface area contributed by atoms with Crippen LogP contribution in [-0.4, -0.2) is 17.8 Å². The molecular formula is C17H16BrFO2. The third-order valence-electron chi connectivity index (χ3n) is 3.89. The monoisotopic (exact) mass is 350 g/mol. The fourth-order valence-electron chi connectivity index (χ4n) is 2.69. The van der Waals surface area contributed by atoms with Crippen LogP contribution in [0.4, 0.5) is 4.39 Å². The number of fused-ring (bicyclic) bond motifs is 1. The maximum Gasteiger partial charge on any atom is 0.123 e. The van der Waals surface area contributed by atoms with Gasteiger partial charge in [0.15, 0.2) is 0 Å². The average molecular weight is 351 g/mol. The van der Waals surface area contributed by atoms with E-state index in [0.717, 1.165) is 27.8 Å². The Kier molecular flexibility index (Phi) is 4.27. The summed E-state index contributed by atoms with van der Waals surface area (Å²) in [6, 6.07) is 12.4. The van der Waals surface area contributed by atoms with E-state index in [9.17, 15) is 9.50 Å². The first-order chi connectivity index (χ1) is 10.1. The number of aliphatic hydroxyl groups excluding tert-OH is 1. The van der Waals surface area contributed by atoms with Crippen molar-refractivity contribution in [2.75, 3.05) is 6.61 Å². The summed E-state index contributed by atoms with van der Waals surface area (Å²) in [5.41, 5.74) is 1.90. The average Bonchev–Trinajstić information content (AvgIpc) is 2.50. The van der Waals surface area contributed by atoms with Crippen LogP contribution in [0, 0.1) is 11.7 Å². The van der Waals surface area contributed by atoms with E-state index in [0.29, 0.717) is 13.0 Å². The lowest BCUT2D eigenvalue weighted by Gasteiger charge is -2.29. The molecule has 21 heavy (non-hydrogen) atoms. The fourth-order valence-corrected chi connectivity index (χ4v) is 3.10. The Balaban J connectivity index is 1.72. The van der Waals surface area contributed by atoms with Gasteiger partial charge in [0.05, 0.1) is 12.7 Å². The molecule has 2 unspecified atom stereocenters. The van der Waals surface area contributed by atoms with E-state index >= 15 is 0 Å². The first-order valence-corrected chi connectivity index (χ1v) is 7.75. The molecule has 0 aromatic heterocycles. The molecule has 0 fully saturated rings. The second-order valence-corrected chi connectivity index (χ2v) is 6.24. The molecule has 0 aliphatic carbocycles. The number of hydrogen-bond acceptors (Lipinski definition) is 2. The van der Waals surface area contributed by atoms with Crippen LogP contribution in [0.2, 0.25) is 0 Å². The van der Waals surface area contributed by atoms with Gasteiger partial charge in [-0.15, -0.1) is 0 Å². The minimum atomic E-state index is -0.559. The summed E-state index contributed by atoms with van der Waals surface area (Å²) < 4.78 is 19.8. The minimum absolute atomic E-state index is 0.0232. The number of para-hydroxylation sites is 1. The summed E-state index contributed by atoms with van der Waals surface area (Å²) in [5.74, 6) is 0.633. The minimum Gasteiger partial charge on any atom is -0.493 e. The lowest BCUT2D eigenvalue weighted by molar-refractivity contribution is 0.0651. The van der Waals surface area contributed by atoms with Gasteiger partial charge in [0.1, 0.15) is 11.6 Å². The van der Waals surface area contributed by atoms with E-state index in [1.807, 2.05) is 24.3 Å². The zero-order chi connectivity index (χ0) is 14.8. The molecule has 0 spiro atoms. The van der Waals surface area contributed by atoms with Gasteiger partial charge in [0.25, 0.3) is 0 Å². The Morgan fingerprint density at radius 2 is 2.10 bits per heavy atom. The molecular weight excluding hydrogens is 335 g/mol. The van der Waals surface area contributed by atoms with Gasteiger partial charge in [0, 0.05) is 10.4 Å². The second kappa shape index (κ2) is 6.16. The van der Waals surface area contributed by atoms with E-state index in [2.05, 4.69) is 15.9 Å². The topological polar surface area (TPSA) is 29.5 Å². The Hall–Kier alpha value is -1.39. The molecule has 0 bridgehead atoms. The van der Waals surface area contributed by atoms with Crippen molar-refractivity contribution in [3.05, 3.63) is 63.9 Å². The molecule has 0 amide bonds. The highest BCUT2D eigenvalue weighted by atomic mass is 79.9. The summed E-state index contributed by atoms with van der Waals surface area (Å²) >= 11 is 3.40.